The molecule has 0 saturated carbocycles. The summed E-state index contributed by atoms with van der Waals surface area (Å²) in [7, 11) is 0. The van der Waals surface area contributed by atoms with Crippen LogP contribution in [0.5, 0.6) is 0 Å². The van der Waals surface area contributed by atoms with E-state index in [-0.39, 0.29) is 17.5 Å². The molecule has 0 aliphatic rings. The average Bonchev–Trinajstić information content (AvgIpc) is 3.39. The molecule has 0 fully saturated rings. The number of anilines is 1. The summed E-state index contributed by atoms with van der Waals surface area (Å²) in [5.41, 5.74) is 1.47. The third kappa shape index (κ3) is 4.89. The highest BCUT2D eigenvalue weighted by Gasteiger charge is 2.36. The molecule has 0 saturated heterocycles. The highest BCUT2D eigenvalue weighted by molar-refractivity contribution is 7.10. The molecule has 0 spiro atoms. The maximum atomic E-state index is 13.5. The van der Waals surface area contributed by atoms with Gasteiger partial charge in [0.1, 0.15) is 0 Å². The minimum Gasteiger partial charge on any atom is -0.349 e. The second kappa shape index (κ2) is 8.84. The van der Waals surface area contributed by atoms with Gasteiger partial charge in [0.25, 0.3) is 5.91 Å². The molecule has 3 rings (SSSR count). The first kappa shape index (κ1) is 21.1. The van der Waals surface area contributed by atoms with Gasteiger partial charge in [-0.1, -0.05) is 29.6 Å². The third-order valence-electron chi connectivity index (χ3n) is 4.74. The Morgan fingerprint density at radius 3 is 2.62 bits per heavy atom. The third-order valence-corrected chi connectivity index (χ3v) is 6.17. The number of carbonyl (C=O) groups is 2. The monoisotopic (exact) mass is 428 g/mol. The Balaban J connectivity index is 2.12. The molecule has 0 aliphatic carbocycles. The van der Waals surface area contributed by atoms with Crippen LogP contribution in [0, 0.1) is 6.92 Å². The smallest absolute Gasteiger partial charge is 0.280 e. The molecule has 2 heterocycles. The lowest BCUT2D eigenvalue weighted by Crippen LogP contribution is -2.50. The van der Waals surface area contributed by atoms with E-state index in [1.165, 1.54) is 16.2 Å². The molecular formula is C21H24N4O2S2. The van der Waals surface area contributed by atoms with Crippen LogP contribution in [0.4, 0.5) is 5.69 Å². The van der Waals surface area contributed by atoms with Crippen molar-refractivity contribution in [3.05, 3.63) is 63.3 Å². The normalized spacial score (nSPS) is 12.4. The molecule has 0 bridgehead atoms. The quantitative estimate of drug-likeness (QED) is 0.597. The second-order valence-electron chi connectivity index (χ2n) is 7.45. The van der Waals surface area contributed by atoms with Crippen LogP contribution in [0.15, 0.2) is 47.2 Å². The van der Waals surface area contributed by atoms with Gasteiger partial charge in [-0.3, -0.25) is 14.5 Å². The molecule has 29 heavy (non-hydrogen) atoms. The summed E-state index contributed by atoms with van der Waals surface area (Å²) >= 11 is 2.55. The van der Waals surface area contributed by atoms with E-state index >= 15 is 0 Å². The molecular weight excluding hydrogens is 404 g/mol. The lowest BCUT2D eigenvalue weighted by molar-refractivity contribution is -0.124. The Morgan fingerprint density at radius 2 is 2.03 bits per heavy atom. The molecule has 3 aromatic rings. The topological polar surface area (TPSA) is 75.2 Å². The van der Waals surface area contributed by atoms with E-state index in [0.717, 1.165) is 28.4 Å². The van der Waals surface area contributed by atoms with Gasteiger partial charge in [0, 0.05) is 21.5 Å². The van der Waals surface area contributed by atoms with Crippen LogP contribution in [-0.4, -0.2) is 26.9 Å². The Morgan fingerprint density at radius 1 is 1.24 bits per heavy atom. The Kier molecular flexibility index (Phi) is 6.44. The summed E-state index contributed by atoms with van der Waals surface area (Å²) in [5.74, 6) is -0.579. The summed E-state index contributed by atoms with van der Waals surface area (Å²) in [6.07, 6.45) is 0.768. The Hall–Kier alpha value is -2.58. The second-order valence-corrected chi connectivity index (χ2v) is 9.04. The van der Waals surface area contributed by atoms with Crippen molar-refractivity contribution in [3.63, 3.8) is 0 Å². The number of hydrogen-bond acceptors (Lipinski definition) is 6. The molecule has 1 aromatic carbocycles. The highest BCUT2D eigenvalue weighted by Crippen LogP contribution is 2.33. The van der Waals surface area contributed by atoms with Crippen LogP contribution in [0.1, 0.15) is 54.2 Å². The van der Waals surface area contributed by atoms with Gasteiger partial charge in [-0.25, -0.2) is 0 Å². The number of amides is 2. The predicted octanol–water partition coefficient (Wildman–Crippen LogP) is 4.60. The van der Waals surface area contributed by atoms with Gasteiger partial charge in [0.15, 0.2) is 11.7 Å². The molecule has 2 amide bonds. The number of nitrogens with one attached hydrogen (secondary N) is 1. The number of thiophene rings is 1. The zero-order valence-corrected chi connectivity index (χ0v) is 18.5. The predicted molar refractivity (Wildman–Crippen MR) is 117 cm³/mol. The zero-order chi connectivity index (χ0) is 21.0. The molecule has 2 aromatic heterocycles. The van der Waals surface area contributed by atoms with Crippen LogP contribution in [-0.2, 0) is 4.79 Å². The minimum absolute atomic E-state index is 0.223. The van der Waals surface area contributed by atoms with E-state index in [4.69, 9.17) is 0 Å². The zero-order valence-electron chi connectivity index (χ0n) is 16.9. The van der Waals surface area contributed by atoms with Crippen LogP contribution in [0.25, 0.3) is 0 Å². The first-order chi connectivity index (χ1) is 13.8. The van der Waals surface area contributed by atoms with Gasteiger partial charge in [-0.2, -0.15) is 0 Å². The van der Waals surface area contributed by atoms with Crippen molar-refractivity contribution in [2.45, 2.75) is 45.7 Å². The fourth-order valence-electron chi connectivity index (χ4n) is 2.85. The van der Waals surface area contributed by atoms with Gasteiger partial charge in [-0.05, 0) is 67.9 Å². The summed E-state index contributed by atoms with van der Waals surface area (Å²) < 4.78 is 3.82. The number of hydrogen-bond donors (Lipinski definition) is 1. The fraction of sp³-hybridized carbons (Fsp3) is 0.333. The SMILES string of the molecule is CCC(C)(C)NC(=O)[C@@H](c1cccs1)N(C(=O)c1csnn1)c1cccc(C)c1. The molecule has 0 radical (unpaired) electrons. The Bertz CT molecular complexity index is 969. The number of rotatable bonds is 7. The molecule has 0 aliphatic heterocycles. The van der Waals surface area contributed by atoms with E-state index < -0.39 is 11.6 Å². The van der Waals surface area contributed by atoms with Crippen LogP contribution in [0.3, 0.4) is 0 Å². The number of nitrogens with zero attached hydrogens (tertiary/aromatic N) is 3. The highest BCUT2D eigenvalue weighted by atomic mass is 32.1. The van der Waals surface area contributed by atoms with E-state index in [2.05, 4.69) is 14.9 Å². The molecule has 6 nitrogen and oxygen atoms in total. The molecule has 152 valence electrons. The molecule has 1 N–H and O–H groups in total. The molecule has 0 unspecified atom stereocenters. The standard InChI is InChI=1S/C21H24N4O2S2/c1-5-21(3,4)22-19(26)18(17-10-7-11-28-17)25(15-9-6-8-14(2)12-15)20(27)16-13-29-24-23-16/h6-13,18H,5H2,1-4H3,(H,22,26)/t18-/m1/s1. The summed E-state index contributed by atoms with van der Waals surface area (Å²) in [5, 5.41) is 10.6. The van der Waals surface area contributed by atoms with Crippen LogP contribution < -0.4 is 10.2 Å². The van der Waals surface area contributed by atoms with Gasteiger partial charge in [0.05, 0.1) is 0 Å². The van der Waals surface area contributed by atoms with Gasteiger partial charge in [-0.15, -0.1) is 16.4 Å². The van der Waals surface area contributed by atoms with Crippen LogP contribution >= 0.6 is 22.9 Å². The molecule has 1 atom stereocenters. The van der Waals surface area contributed by atoms with Crippen molar-refractivity contribution in [3.8, 4) is 0 Å². The van der Waals surface area contributed by atoms with E-state index in [1.54, 1.807) is 5.38 Å². The fourth-order valence-corrected chi connectivity index (χ4v) is 4.10. The van der Waals surface area contributed by atoms with Gasteiger partial charge >= 0.3 is 0 Å². The lowest BCUT2D eigenvalue weighted by atomic mass is 10.0. The van der Waals surface area contributed by atoms with E-state index in [9.17, 15) is 9.59 Å². The largest absolute Gasteiger partial charge is 0.349 e. The van der Waals surface area contributed by atoms with E-state index in [0.29, 0.717) is 5.69 Å². The summed E-state index contributed by atoms with van der Waals surface area (Å²) in [4.78, 5) is 29.2. The summed E-state index contributed by atoms with van der Waals surface area (Å²) in [6.45, 7) is 7.92. The number of carbonyl (C=O) groups excluding carboxylic acids is 2. The first-order valence-corrected chi connectivity index (χ1v) is 11.1. The maximum Gasteiger partial charge on any atom is 0.280 e. The maximum absolute atomic E-state index is 13.5. The van der Waals surface area contributed by atoms with E-state index in [1.807, 2.05) is 69.5 Å². The Labute approximate surface area is 178 Å². The number of benzene rings is 1. The lowest BCUT2D eigenvalue weighted by Gasteiger charge is -2.33. The van der Waals surface area contributed by atoms with Gasteiger partial charge in [0.2, 0.25) is 5.91 Å². The number of aromatic nitrogens is 2. The average molecular weight is 429 g/mol. The number of aryl methyl sites for hydroxylation is 1. The summed E-state index contributed by atoms with van der Waals surface area (Å²) in [6, 6.07) is 10.5. The van der Waals surface area contributed by atoms with Crippen LogP contribution in [0.2, 0.25) is 0 Å². The van der Waals surface area contributed by atoms with Crippen molar-refractivity contribution in [1.82, 2.24) is 14.9 Å². The van der Waals surface area contributed by atoms with Crippen molar-refractivity contribution in [2.24, 2.45) is 0 Å². The first-order valence-electron chi connectivity index (χ1n) is 9.35. The van der Waals surface area contributed by atoms with Crippen molar-refractivity contribution in [2.75, 3.05) is 4.90 Å². The van der Waals surface area contributed by atoms with Crippen molar-refractivity contribution < 1.29 is 9.59 Å². The van der Waals surface area contributed by atoms with Crippen molar-refractivity contribution >= 4 is 40.4 Å². The van der Waals surface area contributed by atoms with Gasteiger partial charge < -0.3 is 5.32 Å². The molecule has 8 heteroatoms. The minimum atomic E-state index is -0.808. The van der Waals surface area contributed by atoms with Crippen molar-refractivity contribution in [1.29, 1.82) is 0 Å².